The first-order valence-corrected chi connectivity index (χ1v) is 4.50. The number of carbonyl (C=O) groups excluding carboxylic acids is 1. The number of furan rings is 1. The Hall–Kier alpha value is -0.850. The molecule has 1 heterocycles. The van der Waals surface area contributed by atoms with Crippen molar-refractivity contribution in [3.05, 3.63) is 17.9 Å². The van der Waals surface area contributed by atoms with Crippen molar-refractivity contribution < 1.29 is 22.2 Å². The Morgan fingerprint density at radius 1 is 1.50 bits per heavy atom. The third-order valence-electron chi connectivity index (χ3n) is 1.03. The minimum Gasteiger partial charge on any atom is -0.438 e. The Labute approximate surface area is 72.7 Å². The normalized spacial score (nSPS) is 11.5. The second-order valence-corrected chi connectivity index (χ2v) is 3.56. The zero-order valence-electron chi connectivity index (χ0n) is 5.52. The Morgan fingerprint density at radius 3 is 2.33 bits per heavy atom. The predicted molar refractivity (Wildman–Crippen MR) is 38.7 cm³/mol. The van der Waals surface area contributed by atoms with Crippen LogP contribution in [0.3, 0.4) is 0 Å². The number of halogens is 1. The molecule has 0 aromatic carbocycles. The molecule has 0 atom stereocenters. The van der Waals surface area contributed by atoms with Gasteiger partial charge in [0.15, 0.2) is 5.76 Å². The number of hydrogen-bond acceptors (Lipinski definition) is 4. The molecule has 66 valence electrons. The summed E-state index contributed by atoms with van der Waals surface area (Å²) in [5, 5.41) is -1.63. The molecule has 0 fully saturated rings. The van der Waals surface area contributed by atoms with Gasteiger partial charge in [0.05, 0.1) is 0 Å². The third-order valence-corrected chi connectivity index (χ3v) is 1.94. The lowest BCUT2D eigenvalue weighted by Crippen LogP contribution is -1.95. The van der Waals surface area contributed by atoms with Crippen LogP contribution in [-0.2, 0) is 10.1 Å². The van der Waals surface area contributed by atoms with Crippen LogP contribution in [0.15, 0.2) is 21.6 Å². The fourth-order valence-corrected chi connectivity index (χ4v) is 1.10. The second-order valence-electron chi connectivity index (χ2n) is 1.87. The fourth-order valence-electron chi connectivity index (χ4n) is 0.564. The average Bonchev–Trinajstić information content (AvgIpc) is 2.30. The van der Waals surface area contributed by atoms with E-state index in [2.05, 4.69) is 4.42 Å². The molecule has 0 amide bonds. The molecule has 0 unspecified atom stereocenters. The second kappa shape index (κ2) is 2.89. The van der Waals surface area contributed by atoms with E-state index in [9.17, 15) is 13.2 Å². The standard InChI is InChI=1S/C5H3ClO5S/c6-5(7)3-1-2-4(11-3)12(8,9)10/h1-2H,(H,8,9,10). The van der Waals surface area contributed by atoms with Crippen molar-refractivity contribution in [2.45, 2.75) is 5.09 Å². The van der Waals surface area contributed by atoms with Crippen molar-refractivity contribution in [2.24, 2.45) is 0 Å². The molecule has 1 N–H and O–H groups in total. The highest BCUT2D eigenvalue weighted by Crippen LogP contribution is 2.14. The lowest BCUT2D eigenvalue weighted by molar-refractivity contribution is 0.105. The molecule has 0 aliphatic heterocycles. The minimum absolute atomic E-state index is 0.329. The SMILES string of the molecule is O=C(Cl)c1ccc(S(=O)(=O)O)o1. The zero-order valence-corrected chi connectivity index (χ0v) is 7.09. The van der Waals surface area contributed by atoms with Gasteiger partial charge < -0.3 is 4.42 Å². The third kappa shape index (κ3) is 1.84. The van der Waals surface area contributed by atoms with Gasteiger partial charge in [0, 0.05) is 0 Å². The Balaban J connectivity index is 3.17. The molecule has 0 aliphatic carbocycles. The summed E-state index contributed by atoms with van der Waals surface area (Å²) in [6.07, 6.45) is 0. The van der Waals surface area contributed by atoms with Gasteiger partial charge in [-0.1, -0.05) is 0 Å². The van der Waals surface area contributed by atoms with E-state index in [1.807, 2.05) is 0 Å². The minimum atomic E-state index is -4.39. The van der Waals surface area contributed by atoms with Crippen LogP contribution < -0.4 is 0 Å². The van der Waals surface area contributed by atoms with Crippen LogP contribution in [0.25, 0.3) is 0 Å². The van der Waals surface area contributed by atoms with E-state index in [0.717, 1.165) is 12.1 Å². The molecule has 0 radical (unpaired) electrons. The van der Waals surface area contributed by atoms with Crippen molar-refractivity contribution in [1.82, 2.24) is 0 Å². The summed E-state index contributed by atoms with van der Waals surface area (Å²) in [5.74, 6) is -0.329. The largest absolute Gasteiger partial charge is 0.438 e. The van der Waals surface area contributed by atoms with Gasteiger partial charge in [-0.25, -0.2) is 0 Å². The molecule has 1 aromatic rings. The van der Waals surface area contributed by atoms with E-state index >= 15 is 0 Å². The smallest absolute Gasteiger partial charge is 0.328 e. The van der Waals surface area contributed by atoms with Crippen LogP contribution in [0.4, 0.5) is 0 Å². The Kier molecular flexibility index (Phi) is 2.22. The van der Waals surface area contributed by atoms with Crippen LogP contribution in [0, 0.1) is 0 Å². The van der Waals surface area contributed by atoms with Crippen molar-refractivity contribution >= 4 is 27.0 Å². The molecule has 12 heavy (non-hydrogen) atoms. The van der Waals surface area contributed by atoms with Gasteiger partial charge in [-0.3, -0.25) is 9.35 Å². The summed E-state index contributed by atoms with van der Waals surface area (Å²) in [6.45, 7) is 0. The summed E-state index contributed by atoms with van der Waals surface area (Å²) in [6, 6.07) is 1.99. The maximum absolute atomic E-state index is 10.4. The summed E-state index contributed by atoms with van der Waals surface area (Å²) < 4.78 is 33.6. The number of rotatable bonds is 2. The molecule has 0 saturated heterocycles. The van der Waals surface area contributed by atoms with Gasteiger partial charge >= 0.3 is 10.1 Å². The summed E-state index contributed by atoms with van der Waals surface area (Å²) in [4.78, 5) is 10.4. The lowest BCUT2D eigenvalue weighted by atomic mass is 10.5. The highest BCUT2D eigenvalue weighted by Gasteiger charge is 2.16. The topological polar surface area (TPSA) is 84.6 Å². The van der Waals surface area contributed by atoms with Gasteiger partial charge in [0.1, 0.15) is 0 Å². The van der Waals surface area contributed by atoms with Gasteiger partial charge in [0.25, 0.3) is 5.24 Å². The Morgan fingerprint density at radius 2 is 2.08 bits per heavy atom. The van der Waals surface area contributed by atoms with E-state index in [4.69, 9.17) is 16.2 Å². The van der Waals surface area contributed by atoms with E-state index in [1.54, 1.807) is 0 Å². The van der Waals surface area contributed by atoms with Gasteiger partial charge in [-0.05, 0) is 23.7 Å². The number of carbonyl (C=O) groups is 1. The van der Waals surface area contributed by atoms with Crippen molar-refractivity contribution in [3.63, 3.8) is 0 Å². The molecule has 0 saturated carbocycles. The predicted octanol–water partition coefficient (Wildman–Crippen LogP) is 0.905. The molecule has 5 nitrogen and oxygen atoms in total. The molecule has 0 bridgehead atoms. The average molecular weight is 211 g/mol. The zero-order chi connectivity index (χ0) is 9.35. The van der Waals surface area contributed by atoms with Crippen LogP contribution in [0.2, 0.25) is 0 Å². The molecular formula is C5H3ClO5S. The van der Waals surface area contributed by atoms with E-state index in [-0.39, 0.29) is 5.76 Å². The molecule has 1 aromatic heterocycles. The van der Waals surface area contributed by atoms with E-state index < -0.39 is 20.5 Å². The first-order valence-electron chi connectivity index (χ1n) is 2.68. The first-order chi connectivity index (χ1) is 5.41. The molecular weight excluding hydrogens is 208 g/mol. The highest BCUT2D eigenvalue weighted by molar-refractivity contribution is 7.85. The van der Waals surface area contributed by atoms with Crippen LogP contribution >= 0.6 is 11.6 Å². The first kappa shape index (κ1) is 9.24. The number of hydrogen-bond donors (Lipinski definition) is 1. The maximum atomic E-state index is 10.4. The fraction of sp³-hybridized carbons (Fsp3) is 0. The monoisotopic (exact) mass is 210 g/mol. The van der Waals surface area contributed by atoms with Crippen molar-refractivity contribution in [1.29, 1.82) is 0 Å². The lowest BCUT2D eigenvalue weighted by Gasteiger charge is -1.87. The summed E-state index contributed by atoms with van der Waals surface area (Å²) in [7, 11) is -4.39. The van der Waals surface area contributed by atoms with Crippen LogP contribution in [0.5, 0.6) is 0 Å². The maximum Gasteiger partial charge on any atom is 0.328 e. The highest BCUT2D eigenvalue weighted by atomic mass is 35.5. The quantitative estimate of drug-likeness (QED) is 0.579. The summed E-state index contributed by atoms with van der Waals surface area (Å²) >= 11 is 4.96. The van der Waals surface area contributed by atoms with Crippen molar-refractivity contribution in [3.8, 4) is 0 Å². The van der Waals surface area contributed by atoms with E-state index in [0.29, 0.717) is 0 Å². The van der Waals surface area contributed by atoms with Crippen LogP contribution in [0.1, 0.15) is 10.6 Å². The van der Waals surface area contributed by atoms with Crippen molar-refractivity contribution in [2.75, 3.05) is 0 Å². The molecule has 0 spiro atoms. The van der Waals surface area contributed by atoms with E-state index in [1.165, 1.54) is 0 Å². The molecule has 7 heteroatoms. The molecule has 0 aliphatic rings. The van der Waals surface area contributed by atoms with Gasteiger partial charge in [-0.15, -0.1) is 0 Å². The summed E-state index contributed by atoms with van der Waals surface area (Å²) in [5.41, 5.74) is 0. The Bertz CT molecular complexity index is 403. The van der Waals surface area contributed by atoms with Crippen LogP contribution in [-0.4, -0.2) is 18.2 Å². The van der Waals surface area contributed by atoms with Gasteiger partial charge in [0.2, 0.25) is 5.09 Å². The molecule has 1 rings (SSSR count). The van der Waals surface area contributed by atoms with Gasteiger partial charge in [-0.2, -0.15) is 8.42 Å².